The molecule has 1 aromatic carbocycles. The van der Waals surface area contributed by atoms with E-state index in [4.69, 9.17) is 10.5 Å². The maximum Gasteiger partial charge on any atom is 0.237 e. The van der Waals surface area contributed by atoms with Crippen molar-refractivity contribution in [2.24, 2.45) is 11.7 Å². The Bertz CT molecular complexity index is 465. The summed E-state index contributed by atoms with van der Waals surface area (Å²) in [5.74, 6) is 0.0270. The fraction of sp³-hybridized carbons (Fsp3) is 0.533. The zero-order chi connectivity index (χ0) is 15.3. The van der Waals surface area contributed by atoms with Crippen molar-refractivity contribution in [1.82, 2.24) is 5.32 Å². The van der Waals surface area contributed by atoms with Crippen LogP contribution in [0.1, 0.15) is 38.8 Å². The van der Waals surface area contributed by atoms with E-state index in [9.17, 15) is 9.18 Å². The molecule has 0 fully saturated rings. The lowest BCUT2D eigenvalue weighted by atomic mass is 9.98. The van der Waals surface area contributed by atoms with Crippen molar-refractivity contribution in [3.8, 4) is 5.75 Å². The molecule has 0 saturated carbocycles. The first-order valence-corrected chi connectivity index (χ1v) is 6.80. The molecule has 0 bridgehead atoms. The molecule has 0 aliphatic carbocycles. The molecule has 0 aromatic heterocycles. The molecule has 0 radical (unpaired) electrons. The van der Waals surface area contributed by atoms with Gasteiger partial charge in [-0.15, -0.1) is 0 Å². The first kappa shape index (κ1) is 16.4. The van der Waals surface area contributed by atoms with E-state index in [1.54, 1.807) is 13.0 Å². The summed E-state index contributed by atoms with van der Waals surface area (Å²) < 4.78 is 18.5. The Hall–Kier alpha value is -1.62. The van der Waals surface area contributed by atoms with E-state index in [0.717, 1.165) is 6.42 Å². The number of benzene rings is 1. The third-order valence-electron chi connectivity index (χ3n) is 3.58. The lowest BCUT2D eigenvalue weighted by Gasteiger charge is -2.22. The number of halogens is 1. The van der Waals surface area contributed by atoms with Gasteiger partial charge in [0, 0.05) is 5.56 Å². The Balaban J connectivity index is 2.83. The van der Waals surface area contributed by atoms with Crippen molar-refractivity contribution < 1.29 is 13.9 Å². The lowest BCUT2D eigenvalue weighted by Crippen LogP contribution is -2.45. The van der Waals surface area contributed by atoms with E-state index >= 15 is 0 Å². The highest BCUT2D eigenvalue weighted by molar-refractivity contribution is 5.82. The van der Waals surface area contributed by atoms with E-state index in [1.807, 2.05) is 13.8 Å². The molecule has 3 atom stereocenters. The van der Waals surface area contributed by atoms with E-state index < -0.39 is 6.04 Å². The summed E-state index contributed by atoms with van der Waals surface area (Å²) in [5.41, 5.74) is 6.48. The highest BCUT2D eigenvalue weighted by Crippen LogP contribution is 2.26. The monoisotopic (exact) mass is 282 g/mol. The SMILES string of the molecule is CC[C@H](C)[C@H](N)C(=O)NC(C)c1cc(F)ccc1OC. The van der Waals surface area contributed by atoms with Crippen molar-refractivity contribution in [2.75, 3.05) is 7.11 Å². The van der Waals surface area contributed by atoms with Crippen LogP contribution in [-0.2, 0) is 4.79 Å². The number of methoxy groups -OCH3 is 1. The van der Waals surface area contributed by atoms with Crippen molar-refractivity contribution >= 4 is 5.91 Å². The van der Waals surface area contributed by atoms with Gasteiger partial charge in [-0.3, -0.25) is 4.79 Å². The largest absolute Gasteiger partial charge is 0.496 e. The van der Waals surface area contributed by atoms with Gasteiger partial charge < -0.3 is 15.8 Å². The molecular weight excluding hydrogens is 259 g/mol. The van der Waals surface area contributed by atoms with Crippen LogP contribution in [0.25, 0.3) is 0 Å². The molecule has 0 spiro atoms. The number of nitrogens with two attached hydrogens (primary N) is 1. The molecule has 20 heavy (non-hydrogen) atoms. The third kappa shape index (κ3) is 3.93. The molecule has 1 amide bonds. The van der Waals surface area contributed by atoms with Gasteiger partial charge >= 0.3 is 0 Å². The summed E-state index contributed by atoms with van der Waals surface area (Å²) in [6.07, 6.45) is 0.826. The van der Waals surface area contributed by atoms with Crippen molar-refractivity contribution in [2.45, 2.75) is 39.3 Å². The standard InChI is InChI=1S/C15H23FN2O2/c1-5-9(2)14(17)15(19)18-10(3)12-8-11(16)6-7-13(12)20-4/h6-10,14H,5,17H2,1-4H3,(H,18,19)/t9-,10?,14-/m0/s1. The fourth-order valence-electron chi connectivity index (χ4n) is 1.94. The predicted octanol–water partition coefficient (Wildman–Crippen LogP) is 2.38. The minimum atomic E-state index is -0.568. The second-order valence-electron chi connectivity index (χ2n) is 5.03. The van der Waals surface area contributed by atoms with Gasteiger partial charge in [0.1, 0.15) is 11.6 Å². The molecule has 0 saturated heterocycles. The van der Waals surface area contributed by atoms with Gasteiger partial charge in [0.25, 0.3) is 0 Å². The maximum absolute atomic E-state index is 13.3. The van der Waals surface area contributed by atoms with Crippen LogP contribution in [0.15, 0.2) is 18.2 Å². The van der Waals surface area contributed by atoms with E-state index in [-0.39, 0.29) is 23.7 Å². The minimum absolute atomic E-state index is 0.0941. The molecule has 1 rings (SSSR count). The Morgan fingerprint density at radius 2 is 2.10 bits per heavy atom. The number of carbonyl (C=O) groups excluding carboxylic acids is 1. The van der Waals surface area contributed by atoms with Crippen LogP contribution < -0.4 is 15.8 Å². The molecule has 0 aliphatic heterocycles. The van der Waals surface area contributed by atoms with Gasteiger partial charge in [0.05, 0.1) is 19.2 Å². The van der Waals surface area contributed by atoms with Crippen LogP contribution in [0, 0.1) is 11.7 Å². The normalized spacial score (nSPS) is 15.3. The van der Waals surface area contributed by atoms with Crippen molar-refractivity contribution in [3.05, 3.63) is 29.6 Å². The topological polar surface area (TPSA) is 64.4 Å². The number of hydrogen-bond acceptors (Lipinski definition) is 3. The quantitative estimate of drug-likeness (QED) is 0.842. The van der Waals surface area contributed by atoms with Gasteiger partial charge in [-0.1, -0.05) is 20.3 Å². The number of amides is 1. The first-order chi connectivity index (χ1) is 9.40. The Kier molecular flexibility index (Phi) is 5.95. The number of hydrogen-bond donors (Lipinski definition) is 2. The second kappa shape index (κ2) is 7.24. The second-order valence-corrected chi connectivity index (χ2v) is 5.03. The van der Waals surface area contributed by atoms with Crippen LogP contribution in [0.3, 0.4) is 0 Å². The minimum Gasteiger partial charge on any atom is -0.496 e. The summed E-state index contributed by atoms with van der Waals surface area (Å²) in [4.78, 5) is 12.0. The van der Waals surface area contributed by atoms with Gasteiger partial charge in [-0.2, -0.15) is 0 Å². The Morgan fingerprint density at radius 1 is 1.45 bits per heavy atom. The molecule has 0 aliphatic rings. The van der Waals surface area contributed by atoms with E-state index in [1.165, 1.54) is 19.2 Å². The molecule has 4 nitrogen and oxygen atoms in total. The molecule has 5 heteroatoms. The number of nitrogens with one attached hydrogen (secondary N) is 1. The summed E-state index contributed by atoms with van der Waals surface area (Å²) in [6.45, 7) is 5.69. The van der Waals surface area contributed by atoms with E-state index in [0.29, 0.717) is 11.3 Å². The highest BCUT2D eigenvalue weighted by atomic mass is 19.1. The Morgan fingerprint density at radius 3 is 2.65 bits per heavy atom. The number of ether oxygens (including phenoxy) is 1. The molecule has 3 N–H and O–H groups in total. The van der Waals surface area contributed by atoms with Crippen LogP contribution in [-0.4, -0.2) is 19.1 Å². The summed E-state index contributed by atoms with van der Waals surface area (Å²) >= 11 is 0. The smallest absolute Gasteiger partial charge is 0.237 e. The maximum atomic E-state index is 13.3. The number of carbonyl (C=O) groups is 1. The van der Waals surface area contributed by atoms with Crippen molar-refractivity contribution in [3.63, 3.8) is 0 Å². The van der Waals surface area contributed by atoms with Crippen LogP contribution in [0.2, 0.25) is 0 Å². The average Bonchev–Trinajstić information content (AvgIpc) is 2.45. The van der Waals surface area contributed by atoms with Gasteiger partial charge in [-0.05, 0) is 31.0 Å². The van der Waals surface area contributed by atoms with Crippen molar-refractivity contribution in [1.29, 1.82) is 0 Å². The van der Waals surface area contributed by atoms with Gasteiger partial charge in [0.2, 0.25) is 5.91 Å². The zero-order valence-electron chi connectivity index (χ0n) is 12.4. The van der Waals surface area contributed by atoms with Gasteiger partial charge in [-0.25, -0.2) is 4.39 Å². The highest BCUT2D eigenvalue weighted by Gasteiger charge is 2.22. The van der Waals surface area contributed by atoms with Crippen LogP contribution >= 0.6 is 0 Å². The van der Waals surface area contributed by atoms with Crippen LogP contribution in [0.5, 0.6) is 5.75 Å². The third-order valence-corrected chi connectivity index (χ3v) is 3.58. The zero-order valence-corrected chi connectivity index (χ0v) is 12.4. The molecule has 112 valence electrons. The number of rotatable bonds is 6. The van der Waals surface area contributed by atoms with Gasteiger partial charge in [0.15, 0.2) is 0 Å². The molecular formula is C15H23FN2O2. The van der Waals surface area contributed by atoms with Crippen LogP contribution in [0.4, 0.5) is 4.39 Å². The lowest BCUT2D eigenvalue weighted by molar-refractivity contribution is -0.124. The molecule has 1 aromatic rings. The molecule has 0 heterocycles. The summed E-state index contributed by atoms with van der Waals surface area (Å²) in [5, 5.41) is 2.80. The molecule has 1 unspecified atom stereocenters. The Labute approximate surface area is 119 Å². The first-order valence-electron chi connectivity index (χ1n) is 6.80. The average molecular weight is 282 g/mol. The predicted molar refractivity (Wildman–Crippen MR) is 76.9 cm³/mol. The van der Waals surface area contributed by atoms with E-state index in [2.05, 4.69) is 5.32 Å². The fourth-order valence-corrected chi connectivity index (χ4v) is 1.94. The summed E-state index contributed by atoms with van der Waals surface area (Å²) in [6, 6.07) is 3.28. The summed E-state index contributed by atoms with van der Waals surface area (Å²) in [7, 11) is 1.51.